The number of nitrogens with one attached hydrogen (secondary N) is 1. The quantitative estimate of drug-likeness (QED) is 0.574. The monoisotopic (exact) mass is 413 g/mol. The summed E-state index contributed by atoms with van der Waals surface area (Å²) in [6, 6.07) is 26.7. The van der Waals surface area contributed by atoms with E-state index in [0.717, 1.165) is 47.9 Å². The van der Waals surface area contributed by atoms with Crippen molar-refractivity contribution in [1.29, 1.82) is 0 Å². The number of hydrogen-bond acceptors (Lipinski definition) is 2. The van der Waals surface area contributed by atoms with Gasteiger partial charge in [-0.25, -0.2) is 4.79 Å². The summed E-state index contributed by atoms with van der Waals surface area (Å²) in [6.07, 6.45) is 3.70. The molecule has 4 heteroatoms. The Kier molecular flexibility index (Phi) is 6.17. The molecule has 2 N–H and O–H groups in total. The molecule has 0 spiro atoms. The minimum atomic E-state index is -1.01. The van der Waals surface area contributed by atoms with Gasteiger partial charge in [-0.3, -0.25) is 4.79 Å². The molecule has 1 fully saturated rings. The first-order chi connectivity index (χ1) is 15.1. The Morgan fingerprint density at radius 3 is 1.94 bits per heavy atom. The normalized spacial score (nSPS) is 15.9. The fourth-order valence-corrected chi connectivity index (χ4v) is 4.58. The molecular weight excluding hydrogens is 386 g/mol. The van der Waals surface area contributed by atoms with Crippen LogP contribution in [0.2, 0.25) is 0 Å². The number of benzene rings is 3. The molecule has 0 unspecified atom stereocenters. The minimum absolute atomic E-state index is 0.176. The van der Waals surface area contributed by atoms with Gasteiger partial charge in [0.25, 0.3) is 0 Å². The van der Waals surface area contributed by atoms with Gasteiger partial charge in [-0.05, 0) is 35.1 Å². The summed E-state index contributed by atoms with van der Waals surface area (Å²) in [5.74, 6) is -1.19. The molecule has 0 radical (unpaired) electrons. The number of aliphatic carboxylic acids is 1. The van der Waals surface area contributed by atoms with Gasteiger partial charge in [0, 0.05) is 6.42 Å². The molecule has 0 heterocycles. The van der Waals surface area contributed by atoms with Crippen LogP contribution in [0.1, 0.15) is 36.8 Å². The molecule has 1 aliphatic rings. The zero-order valence-electron chi connectivity index (χ0n) is 17.5. The molecule has 4 rings (SSSR count). The van der Waals surface area contributed by atoms with Crippen LogP contribution in [-0.2, 0) is 21.4 Å². The average molecular weight is 414 g/mol. The van der Waals surface area contributed by atoms with Crippen LogP contribution in [0.15, 0.2) is 84.9 Å². The van der Waals surface area contributed by atoms with Crippen LogP contribution >= 0.6 is 0 Å². The second-order valence-corrected chi connectivity index (χ2v) is 8.29. The summed E-state index contributed by atoms with van der Waals surface area (Å²) < 4.78 is 0. The molecule has 1 atom stereocenters. The van der Waals surface area contributed by atoms with E-state index in [9.17, 15) is 14.7 Å². The maximum Gasteiger partial charge on any atom is 0.326 e. The standard InChI is InChI=1S/C27H27NO3/c29-25(30)24(19-20-13-15-22(16-14-20)21-9-3-1-4-10-21)28-26(31)27(17-7-8-18-27)23-11-5-2-6-12-23/h1-6,9-16,24H,7-8,17-19H2,(H,28,31)(H,29,30)/t24-/m0/s1. The van der Waals surface area contributed by atoms with E-state index in [-0.39, 0.29) is 12.3 Å². The van der Waals surface area contributed by atoms with Gasteiger partial charge < -0.3 is 10.4 Å². The van der Waals surface area contributed by atoms with Crippen LogP contribution in [0.3, 0.4) is 0 Å². The highest BCUT2D eigenvalue weighted by atomic mass is 16.4. The minimum Gasteiger partial charge on any atom is -0.480 e. The van der Waals surface area contributed by atoms with Crippen molar-refractivity contribution in [2.45, 2.75) is 43.6 Å². The zero-order valence-corrected chi connectivity index (χ0v) is 17.5. The van der Waals surface area contributed by atoms with Crippen molar-refractivity contribution < 1.29 is 14.7 Å². The highest BCUT2D eigenvalue weighted by Crippen LogP contribution is 2.41. The molecule has 1 saturated carbocycles. The number of carbonyl (C=O) groups is 2. The molecule has 0 aliphatic heterocycles. The lowest BCUT2D eigenvalue weighted by Gasteiger charge is -2.30. The third-order valence-electron chi connectivity index (χ3n) is 6.32. The Hall–Kier alpha value is -3.40. The second kappa shape index (κ2) is 9.17. The van der Waals surface area contributed by atoms with Gasteiger partial charge in [0.1, 0.15) is 6.04 Å². The topological polar surface area (TPSA) is 66.4 Å². The zero-order chi connectivity index (χ0) is 21.7. The highest BCUT2D eigenvalue weighted by Gasteiger charge is 2.43. The molecule has 31 heavy (non-hydrogen) atoms. The van der Waals surface area contributed by atoms with E-state index in [4.69, 9.17) is 0 Å². The number of amides is 1. The van der Waals surface area contributed by atoms with Crippen LogP contribution in [0.5, 0.6) is 0 Å². The Bertz CT molecular complexity index is 1020. The number of hydrogen-bond donors (Lipinski definition) is 2. The Morgan fingerprint density at radius 1 is 0.806 bits per heavy atom. The van der Waals surface area contributed by atoms with Gasteiger partial charge in [-0.1, -0.05) is 97.8 Å². The average Bonchev–Trinajstić information content (AvgIpc) is 3.32. The molecule has 4 nitrogen and oxygen atoms in total. The maximum atomic E-state index is 13.3. The van der Waals surface area contributed by atoms with E-state index >= 15 is 0 Å². The summed E-state index contributed by atoms with van der Waals surface area (Å²) in [5, 5.41) is 12.7. The lowest BCUT2D eigenvalue weighted by atomic mass is 9.77. The Morgan fingerprint density at radius 2 is 1.35 bits per heavy atom. The largest absolute Gasteiger partial charge is 0.480 e. The van der Waals surface area contributed by atoms with Gasteiger partial charge in [0.05, 0.1) is 5.41 Å². The molecule has 0 saturated heterocycles. The fraction of sp³-hybridized carbons (Fsp3) is 0.259. The van der Waals surface area contributed by atoms with E-state index in [0.29, 0.717) is 0 Å². The predicted molar refractivity (Wildman–Crippen MR) is 122 cm³/mol. The van der Waals surface area contributed by atoms with Crippen molar-refractivity contribution in [3.05, 3.63) is 96.1 Å². The molecule has 1 amide bonds. The van der Waals surface area contributed by atoms with Crippen molar-refractivity contribution in [2.75, 3.05) is 0 Å². The third-order valence-corrected chi connectivity index (χ3v) is 6.32. The van der Waals surface area contributed by atoms with E-state index in [1.807, 2.05) is 84.9 Å². The van der Waals surface area contributed by atoms with Crippen molar-refractivity contribution in [1.82, 2.24) is 5.32 Å². The first-order valence-corrected chi connectivity index (χ1v) is 10.8. The van der Waals surface area contributed by atoms with E-state index in [1.165, 1.54) is 0 Å². The van der Waals surface area contributed by atoms with Crippen LogP contribution in [0.4, 0.5) is 0 Å². The molecular formula is C27H27NO3. The lowest BCUT2D eigenvalue weighted by Crippen LogP contribution is -2.50. The number of carbonyl (C=O) groups excluding carboxylic acids is 1. The lowest BCUT2D eigenvalue weighted by molar-refractivity contribution is -0.142. The smallest absolute Gasteiger partial charge is 0.326 e. The van der Waals surface area contributed by atoms with Crippen LogP contribution in [0, 0.1) is 0 Å². The molecule has 0 bridgehead atoms. The maximum absolute atomic E-state index is 13.3. The van der Waals surface area contributed by atoms with Gasteiger partial charge >= 0.3 is 5.97 Å². The van der Waals surface area contributed by atoms with Crippen molar-refractivity contribution in [3.8, 4) is 11.1 Å². The highest BCUT2D eigenvalue weighted by molar-refractivity contribution is 5.92. The van der Waals surface area contributed by atoms with Gasteiger partial charge in [-0.2, -0.15) is 0 Å². The summed E-state index contributed by atoms with van der Waals surface area (Å²) in [7, 11) is 0. The van der Waals surface area contributed by atoms with Crippen molar-refractivity contribution in [3.63, 3.8) is 0 Å². The molecule has 3 aromatic rings. The number of carboxylic acids is 1. The first-order valence-electron chi connectivity index (χ1n) is 10.8. The van der Waals surface area contributed by atoms with Crippen LogP contribution in [0.25, 0.3) is 11.1 Å². The van der Waals surface area contributed by atoms with E-state index in [1.54, 1.807) is 0 Å². The second-order valence-electron chi connectivity index (χ2n) is 8.29. The SMILES string of the molecule is O=C(O)[C@H](Cc1ccc(-c2ccccc2)cc1)NC(=O)C1(c2ccccc2)CCCC1. The van der Waals surface area contributed by atoms with Gasteiger partial charge in [0.15, 0.2) is 0 Å². The Labute approximate surface area is 182 Å². The van der Waals surface area contributed by atoms with Crippen molar-refractivity contribution >= 4 is 11.9 Å². The molecule has 0 aromatic heterocycles. The molecule has 1 aliphatic carbocycles. The summed E-state index contributed by atoms with van der Waals surface area (Å²) >= 11 is 0. The van der Waals surface area contributed by atoms with Gasteiger partial charge in [0.2, 0.25) is 5.91 Å². The first kappa shape index (κ1) is 20.9. The van der Waals surface area contributed by atoms with E-state index in [2.05, 4.69) is 5.32 Å². The van der Waals surface area contributed by atoms with Crippen LogP contribution in [-0.4, -0.2) is 23.0 Å². The summed E-state index contributed by atoms with van der Waals surface area (Å²) in [4.78, 5) is 25.3. The Balaban J connectivity index is 1.50. The van der Waals surface area contributed by atoms with Gasteiger partial charge in [-0.15, -0.1) is 0 Å². The predicted octanol–water partition coefficient (Wildman–Crippen LogP) is 4.98. The fourth-order valence-electron chi connectivity index (χ4n) is 4.58. The summed E-state index contributed by atoms with van der Waals surface area (Å²) in [6.45, 7) is 0. The molecule has 158 valence electrons. The number of rotatable bonds is 7. The van der Waals surface area contributed by atoms with Crippen LogP contribution < -0.4 is 5.32 Å². The van der Waals surface area contributed by atoms with E-state index < -0.39 is 17.4 Å². The van der Waals surface area contributed by atoms with Crippen molar-refractivity contribution in [2.24, 2.45) is 0 Å². The molecule has 3 aromatic carbocycles. The third kappa shape index (κ3) is 4.53. The number of carboxylic acid groups (broad SMARTS) is 1. The summed E-state index contributed by atoms with van der Waals surface area (Å²) in [5.41, 5.74) is 3.41.